The summed E-state index contributed by atoms with van der Waals surface area (Å²) in [6, 6.07) is 22.0. The molecule has 3 aromatic carbocycles. The van der Waals surface area contributed by atoms with Crippen molar-refractivity contribution in [3.05, 3.63) is 77.9 Å². The van der Waals surface area contributed by atoms with Gasteiger partial charge in [-0.25, -0.2) is 0 Å². The SMILES string of the molecule is COc1ccc(CCC2Oc3ccccc3-c3ccccc32)c(O)c1. The second-order valence-electron chi connectivity index (χ2n) is 6.22. The standard InChI is InChI=1S/C22H20O3/c1-24-16-12-10-15(20(23)14-16)11-13-22-19-7-3-2-6-17(19)18-8-4-5-9-21(18)25-22/h2-10,12,14,22-23H,11,13H2,1H3. The van der Waals surface area contributed by atoms with Crippen LogP contribution in [0.25, 0.3) is 11.1 Å². The normalized spacial score (nSPS) is 15.0. The van der Waals surface area contributed by atoms with Gasteiger partial charge in [-0.05, 0) is 36.1 Å². The second-order valence-corrected chi connectivity index (χ2v) is 6.22. The molecule has 4 rings (SSSR count). The molecule has 126 valence electrons. The molecular weight excluding hydrogens is 312 g/mol. The van der Waals surface area contributed by atoms with E-state index in [1.807, 2.05) is 36.4 Å². The Bertz CT molecular complexity index is 901. The summed E-state index contributed by atoms with van der Waals surface area (Å²) < 4.78 is 11.4. The lowest BCUT2D eigenvalue weighted by Crippen LogP contribution is -2.14. The molecule has 25 heavy (non-hydrogen) atoms. The van der Waals surface area contributed by atoms with E-state index in [2.05, 4.69) is 24.3 Å². The molecule has 0 fully saturated rings. The van der Waals surface area contributed by atoms with Gasteiger partial charge in [-0.1, -0.05) is 48.5 Å². The van der Waals surface area contributed by atoms with E-state index in [-0.39, 0.29) is 11.9 Å². The molecule has 1 N–H and O–H groups in total. The molecule has 0 bridgehead atoms. The minimum absolute atomic E-state index is 0.0207. The molecule has 0 radical (unpaired) electrons. The van der Waals surface area contributed by atoms with Crippen molar-refractivity contribution < 1.29 is 14.6 Å². The highest BCUT2D eigenvalue weighted by atomic mass is 16.5. The van der Waals surface area contributed by atoms with Gasteiger partial charge in [0.15, 0.2) is 0 Å². The molecule has 1 aliphatic heterocycles. The van der Waals surface area contributed by atoms with Gasteiger partial charge in [0.25, 0.3) is 0 Å². The number of ether oxygens (including phenoxy) is 2. The molecule has 0 saturated heterocycles. The quantitative estimate of drug-likeness (QED) is 0.719. The Labute approximate surface area is 147 Å². The summed E-state index contributed by atoms with van der Waals surface area (Å²) in [6.07, 6.45) is 1.51. The molecule has 1 aliphatic rings. The van der Waals surface area contributed by atoms with Crippen LogP contribution < -0.4 is 9.47 Å². The highest BCUT2D eigenvalue weighted by Gasteiger charge is 2.25. The minimum atomic E-state index is -0.0207. The highest BCUT2D eigenvalue weighted by molar-refractivity contribution is 5.75. The molecule has 3 heteroatoms. The zero-order valence-corrected chi connectivity index (χ0v) is 14.1. The van der Waals surface area contributed by atoms with Crippen molar-refractivity contribution >= 4 is 0 Å². The smallest absolute Gasteiger partial charge is 0.128 e. The van der Waals surface area contributed by atoms with Crippen LogP contribution in [0.2, 0.25) is 0 Å². The summed E-state index contributed by atoms with van der Waals surface area (Å²) in [4.78, 5) is 0. The lowest BCUT2D eigenvalue weighted by atomic mass is 9.90. The third-order valence-corrected chi connectivity index (χ3v) is 4.72. The number of hydrogen-bond acceptors (Lipinski definition) is 3. The van der Waals surface area contributed by atoms with E-state index in [0.29, 0.717) is 5.75 Å². The first-order valence-corrected chi connectivity index (χ1v) is 8.47. The molecule has 0 spiro atoms. The van der Waals surface area contributed by atoms with Crippen molar-refractivity contribution in [2.45, 2.75) is 18.9 Å². The van der Waals surface area contributed by atoms with Gasteiger partial charge in [0.2, 0.25) is 0 Å². The van der Waals surface area contributed by atoms with Gasteiger partial charge in [-0.15, -0.1) is 0 Å². The third kappa shape index (κ3) is 2.93. The first-order valence-electron chi connectivity index (χ1n) is 8.47. The van der Waals surface area contributed by atoms with Crippen LogP contribution in [0.5, 0.6) is 17.2 Å². The maximum atomic E-state index is 10.2. The molecule has 0 amide bonds. The molecule has 1 unspecified atom stereocenters. The van der Waals surface area contributed by atoms with Gasteiger partial charge in [0.1, 0.15) is 23.4 Å². The summed E-state index contributed by atoms with van der Waals surface area (Å²) in [5.74, 6) is 1.85. The van der Waals surface area contributed by atoms with Crippen LogP contribution in [-0.2, 0) is 6.42 Å². The number of aryl methyl sites for hydroxylation is 1. The van der Waals surface area contributed by atoms with Crippen LogP contribution in [-0.4, -0.2) is 12.2 Å². The van der Waals surface area contributed by atoms with Crippen LogP contribution in [0.4, 0.5) is 0 Å². The van der Waals surface area contributed by atoms with E-state index in [9.17, 15) is 5.11 Å². The number of phenolic OH excluding ortho intramolecular Hbond substituents is 1. The van der Waals surface area contributed by atoms with Crippen molar-refractivity contribution in [2.24, 2.45) is 0 Å². The Hall–Kier alpha value is -2.94. The Morgan fingerprint density at radius 3 is 2.52 bits per heavy atom. The van der Waals surface area contributed by atoms with Crippen molar-refractivity contribution in [3.8, 4) is 28.4 Å². The summed E-state index contributed by atoms with van der Waals surface area (Å²) in [5, 5.41) is 10.2. The Morgan fingerprint density at radius 1 is 0.960 bits per heavy atom. The maximum absolute atomic E-state index is 10.2. The highest BCUT2D eigenvalue weighted by Crippen LogP contribution is 2.43. The maximum Gasteiger partial charge on any atom is 0.128 e. The Balaban J connectivity index is 1.60. The van der Waals surface area contributed by atoms with Gasteiger partial charge < -0.3 is 14.6 Å². The van der Waals surface area contributed by atoms with Crippen LogP contribution in [0.3, 0.4) is 0 Å². The van der Waals surface area contributed by atoms with E-state index >= 15 is 0 Å². The molecule has 0 aliphatic carbocycles. The van der Waals surface area contributed by atoms with E-state index in [0.717, 1.165) is 29.7 Å². The monoisotopic (exact) mass is 332 g/mol. The number of benzene rings is 3. The Kier molecular flexibility index (Phi) is 4.06. The van der Waals surface area contributed by atoms with Crippen molar-refractivity contribution in [3.63, 3.8) is 0 Å². The number of methoxy groups -OCH3 is 1. The fraction of sp³-hybridized carbons (Fsp3) is 0.182. The van der Waals surface area contributed by atoms with Gasteiger partial charge in [-0.3, -0.25) is 0 Å². The van der Waals surface area contributed by atoms with Crippen LogP contribution in [0.1, 0.15) is 23.7 Å². The van der Waals surface area contributed by atoms with Gasteiger partial charge in [0.05, 0.1) is 7.11 Å². The predicted molar refractivity (Wildman–Crippen MR) is 98.2 cm³/mol. The molecule has 1 atom stereocenters. The first kappa shape index (κ1) is 15.6. The van der Waals surface area contributed by atoms with Crippen LogP contribution >= 0.6 is 0 Å². The van der Waals surface area contributed by atoms with E-state index in [4.69, 9.17) is 9.47 Å². The van der Waals surface area contributed by atoms with Gasteiger partial charge in [-0.2, -0.15) is 0 Å². The fourth-order valence-corrected chi connectivity index (χ4v) is 3.41. The van der Waals surface area contributed by atoms with Gasteiger partial charge in [0, 0.05) is 17.2 Å². The average Bonchev–Trinajstić information content (AvgIpc) is 2.66. The zero-order valence-electron chi connectivity index (χ0n) is 14.1. The summed E-state index contributed by atoms with van der Waals surface area (Å²) in [7, 11) is 1.60. The number of hydrogen-bond donors (Lipinski definition) is 1. The predicted octanol–water partition coefficient (Wildman–Crippen LogP) is 5.13. The molecule has 0 aromatic heterocycles. The van der Waals surface area contributed by atoms with Crippen molar-refractivity contribution in [2.75, 3.05) is 7.11 Å². The third-order valence-electron chi connectivity index (χ3n) is 4.72. The molecule has 3 aromatic rings. The lowest BCUT2D eigenvalue weighted by Gasteiger charge is -2.29. The first-order chi connectivity index (χ1) is 12.3. The van der Waals surface area contributed by atoms with Crippen LogP contribution in [0, 0.1) is 0 Å². The van der Waals surface area contributed by atoms with E-state index in [1.165, 1.54) is 11.1 Å². The molecule has 3 nitrogen and oxygen atoms in total. The number of para-hydroxylation sites is 1. The van der Waals surface area contributed by atoms with E-state index < -0.39 is 0 Å². The minimum Gasteiger partial charge on any atom is -0.508 e. The number of rotatable bonds is 4. The summed E-state index contributed by atoms with van der Waals surface area (Å²) in [6.45, 7) is 0. The fourth-order valence-electron chi connectivity index (χ4n) is 3.41. The summed E-state index contributed by atoms with van der Waals surface area (Å²) in [5.41, 5.74) is 4.48. The number of fused-ring (bicyclic) bond motifs is 3. The van der Waals surface area contributed by atoms with Gasteiger partial charge >= 0.3 is 0 Å². The number of aromatic hydroxyl groups is 1. The second kappa shape index (κ2) is 6.52. The lowest BCUT2D eigenvalue weighted by molar-refractivity contribution is 0.191. The summed E-state index contributed by atoms with van der Waals surface area (Å²) >= 11 is 0. The topological polar surface area (TPSA) is 38.7 Å². The number of phenols is 1. The molecule has 0 saturated carbocycles. The van der Waals surface area contributed by atoms with E-state index in [1.54, 1.807) is 13.2 Å². The average molecular weight is 332 g/mol. The van der Waals surface area contributed by atoms with Crippen molar-refractivity contribution in [1.29, 1.82) is 0 Å². The molecular formula is C22H20O3. The molecule has 1 heterocycles. The van der Waals surface area contributed by atoms with Crippen molar-refractivity contribution in [1.82, 2.24) is 0 Å². The largest absolute Gasteiger partial charge is 0.508 e. The Morgan fingerprint density at radius 2 is 1.72 bits per heavy atom. The zero-order chi connectivity index (χ0) is 17.2. The van der Waals surface area contributed by atoms with Crippen LogP contribution in [0.15, 0.2) is 66.7 Å².